The Morgan fingerprint density at radius 2 is 2.21 bits per heavy atom. The Hall–Kier alpha value is -2.84. The van der Waals surface area contributed by atoms with E-state index in [2.05, 4.69) is 27.6 Å². The van der Waals surface area contributed by atoms with Crippen molar-refractivity contribution in [2.24, 2.45) is 0 Å². The Balaban J connectivity index is 1.26. The Labute approximate surface area is 169 Å². The summed E-state index contributed by atoms with van der Waals surface area (Å²) in [7, 11) is 0. The van der Waals surface area contributed by atoms with Crippen molar-refractivity contribution in [1.82, 2.24) is 20.3 Å². The summed E-state index contributed by atoms with van der Waals surface area (Å²) in [6.07, 6.45) is 4.42. The van der Waals surface area contributed by atoms with Gasteiger partial charge in [0.2, 0.25) is 5.91 Å². The topological polar surface area (TPSA) is 113 Å². The number of nitrogens with zero attached hydrogens (tertiary/aromatic N) is 3. The molecule has 2 aromatic heterocycles. The van der Waals surface area contributed by atoms with E-state index in [1.54, 1.807) is 6.07 Å². The predicted octanol–water partition coefficient (Wildman–Crippen LogP) is 3.14. The minimum Gasteiger partial charge on any atom is -0.446 e. The number of amides is 2. The molecule has 1 aliphatic carbocycles. The number of H-pyrrole nitrogens is 1. The fourth-order valence-corrected chi connectivity index (χ4v) is 4.10. The molecule has 2 N–H and O–H groups in total. The summed E-state index contributed by atoms with van der Waals surface area (Å²) in [5.74, 6) is 1.02. The summed E-state index contributed by atoms with van der Waals surface area (Å²) in [5.41, 5.74) is 1.69. The van der Waals surface area contributed by atoms with Crippen molar-refractivity contribution < 1.29 is 18.8 Å². The second-order valence-corrected chi connectivity index (χ2v) is 7.93. The van der Waals surface area contributed by atoms with Crippen LogP contribution in [0, 0.1) is 6.92 Å². The number of rotatable bonds is 6. The summed E-state index contributed by atoms with van der Waals surface area (Å²) in [4.78, 5) is 26.3. The first kappa shape index (κ1) is 19.5. The third-order valence-corrected chi connectivity index (χ3v) is 5.82. The number of likely N-dealkylation sites (tertiary alicyclic amines) is 1. The van der Waals surface area contributed by atoms with E-state index in [9.17, 15) is 9.59 Å². The van der Waals surface area contributed by atoms with Crippen LogP contribution in [0.15, 0.2) is 16.7 Å². The van der Waals surface area contributed by atoms with Crippen LogP contribution in [0.4, 0.5) is 10.6 Å². The molecule has 2 fully saturated rings. The van der Waals surface area contributed by atoms with E-state index in [-0.39, 0.29) is 30.4 Å². The first-order valence-electron chi connectivity index (χ1n) is 10.3. The average Bonchev–Trinajstić information content (AvgIpc) is 3.36. The number of carbonyl (C=O) groups is 2. The van der Waals surface area contributed by atoms with Crippen LogP contribution in [0.5, 0.6) is 0 Å². The fourth-order valence-electron chi connectivity index (χ4n) is 4.10. The van der Waals surface area contributed by atoms with Gasteiger partial charge in [0.15, 0.2) is 5.82 Å². The van der Waals surface area contributed by atoms with Crippen LogP contribution in [-0.4, -0.2) is 50.9 Å². The van der Waals surface area contributed by atoms with Crippen LogP contribution in [0.1, 0.15) is 62.1 Å². The number of aryl methyl sites for hydroxylation is 1. The monoisotopic (exact) mass is 401 g/mol. The van der Waals surface area contributed by atoms with Crippen molar-refractivity contribution in [3.8, 4) is 0 Å². The zero-order chi connectivity index (χ0) is 20.4. The lowest BCUT2D eigenvalue weighted by Gasteiger charge is -2.40. The predicted molar refractivity (Wildman–Crippen MR) is 104 cm³/mol. The van der Waals surface area contributed by atoms with Crippen molar-refractivity contribution in [1.29, 1.82) is 0 Å². The SMILES string of the molecule is CCC1CCN1C(=O)OC1CC[C@H](c2cc(NC(=O)Cc3cc(C)no3)n[nH]2)C1. The van der Waals surface area contributed by atoms with Crippen LogP contribution in [0.25, 0.3) is 0 Å². The summed E-state index contributed by atoms with van der Waals surface area (Å²) >= 11 is 0. The van der Waals surface area contributed by atoms with Gasteiger partial charge in [-0.25, -0.2) is 4.79 Å². The first-order valence-corrected chi connectivity index (χ1v) is 10.3. The Bertz CT molecular complexity index is 874. The Kier molecular flexibility index (Phi) is 5.55. The van der Waals surface area contributed by atoms with Gasteiger partial charge in [-0.1, -0.05) is 12.1 Å². The lowest BCUT2D eigenvalue weighted by molar-refractivity contribution is -0.115. The molecule has 0 spiro atoms. The molecule has 9 heteroatoms. The van der Waals surface area contributed by atoms with Gasteiger partial charge in [0.05, 0.1) is 12.1 Å². The maximum absolute atomic E-state index is 12.3. The zero-order valence-corrected chi connectivity index (χ0v) is 16.8. The highest BCUT2D eigenvalue weighted by molar-refractivity contribution is 5.91. The van der Waals surface area contributed by atoms with Gasteiger partial charge in [-0.05, 0) is 39.0 Å². The largest absolute Gasteiger partial charge is 0.446 e. The van der Waals surface area contributed by atoms with Crippen LogP contribution >= 0.6 is 0 Å². The Morgan fingerprint density at radius 3 is 2.90 bits per heavy atom. The minimum absolute atomic E-state index is 0.0679. The number of hydrogen-bond donors (Lipinski definition) is 2. The molecule has 2 amide bonds. The number of nitrogens with one attached hydrogen (secondary N) is 2. The second kappa shape index (κ2) is 8.26. The first-order chi connectivity index (χ1) is 14.0. The maximum Gasteiger partial charge on any atom is 0.410 e. The number of carbonyl (C=O) groups excluding carboxylic acids is 2. The van der Waals surface area contributed by atoms with Gasteiger partial charge in [0.25, 0.3) is 0 Å². The van der Waals surface area contributed by atoms with E-state index in [1.807, 2.05) is 17.9 Å². The molecule has 0 bridgehead atoms. The van der Waals surface area contributed by atoms with Gasteiger partial charge in [0, 0.05) is 36.3 Å². The van der Waals surface area contributed by atoms with Gasteiger partial charge in [-0.15, -0.1) is 0 Å². The van der Waals surface area contributed by atoms with E-state index < -0.39 is 0 Å². The summed E-state index contributed by atoms with van der Waals surface area (Å²) in [6.45, 7) is 4.70. The summed E-state index contributed by atoms with van der Waals surface area (Å²) < 4.78 is 10.8. The molecule has 1 aliphatic heterocycles. The smallest absolute Gasteiger partial charge is 0.410 e. The van der Waals surface area contributed by atoms with Crippen LogP contribution in [-0.2, 0) is 16.0 Å². The van der Waals surface area contributed by atoms with E-state index in [4.69, 9.17) is 9.26 Å². The van der Waals surface area contributed by atoms with Crippen molar-refractivity contribution >= 4 is 17.8 Å². The van der Waals surface area contributed by atoms with Crippen molar-refractivity contribution in [2.75, 3.05) is 11.9 Å². The lowest BCUT2D eigenvalue weighted by Crippen LogP contribution is -2.51. The molecule has 29 heavy (non-hydrogen) atoms. The van der Waals surface area contributed by atoms with Crippen molar-refractivity contribution in [3.63, 3.8) is 0 Å². The molecule has 0 aromatic carbocycles. The normalized spacial score (nSPS) is 23.7. The fraction of sp³-hybridized carbons (Fsp3) is 0.600. The lowest BCUT2D eigenvalue weighted by atomic mass is 10.0. The molecule has 4 rings (SSSR count). The number of anilines is 1. The molecule has 2 aromatic rings. The number of aromatic nitrogens is 3. The third-order valence-electron chi connectivity index (χ3n) is 5.82. The van der Waals surface area contributed by atoms with E-state index >= 15 is 0 Å². The molecule has 9 nitrogen and oxygen atoms in total. The standard InChI is InChI=1S/C20H27N5O4/c1-3-14-6-7-25(14)20(27)28-15-5-4-13(9-15)17-11-18(23-22-17)21-19(26)10-16-8-12(2)24-29-16/h8,11,13-15H,3-7,9-10H2,1-2H3,(H2,21,22,23,26)/t13-,14?,15?/m0/s1. The van der Waals surface area contributed by atoms with Gasteiger partial charge in [-0.3, -0.25) is 9.89 Å². The molecule has 2 unspecified atom stereocenters. The average molecular weight is 401 g/mol. The maximum atomic E-state index is 12.3. The number of ether oxygens (including phenoxy) is 1. The number of aromatic amines is 1. The minimum atomic E-state index is -0.211. The van der Waals surface area contributed by atoms with Crippen molar-refractivity contribution in [2.45, 2.75) is 70.4 Å². The van der Waals surface area contributed by atoms with Crippen LogP contribution < -0.4 is 5.32 Å². The zero-order valence-electron chi connectivity index (χ0n) is 16.8. The van der Waals surface area contributed by atoms with Crippen LogP contribution in [0.3, 0.4) is 0 Å². The molecular formula is C20H27N5O4. The van der Waals surface area contributed by atoms with Gasteiger partial charge in [-0.2, -0.15) is 5.10 Å². The molecule has 1 saturated heterocycles. The highest BCUT2D eigenvalue weighted by Crippen LogP contribution is 2.36. The molecule has 156 valence electrons. The second-order valence-electron chi connectivity index (χ2n) is 7.93. The summed E-state index contributed by atoms with van der Waals surface area (Å²) in [6, 6.07) is 3.92. The highest BCUT2D eigenvalue weighted by atomic mass is 16.6. The van der Waals surface area contributed by atoms with Gasteiger partial charge >= 0.3 is 6.09 Å². The Morgan fingerprint density at radius 1 is 1.34 bits per heavy atom. The molecule has 3 atom stereocenters. The molecule has 3 heterocycles. The third kappa shape index (κ3) is 4.44. The van der Waals surface area contributed by atoms with E-state index in [0.29, 0.717) is 17.6 Å². The van der Waals surface area contributed by atoms with Gasteiger partial charge in [0.1, 0.15) is 11.9 Å². The summed E-state index contributed by atoms with van der Waals surface area (Å²) in [5, 5.41) is 13.7. The van der Waals surface area contributed by atoms with Crippen LogP contribution in [0.2, 0.25) is 0 Å². The quantitative estimate of drug-likeness (QED) is 0.769. The van der Waals surface area contributed by atoms with Gasteiger partial charge < -0.3 is 19.5 Å². The van der Waals surface area contributed by atoms with Crippen molar-refractivity contribution in [3.05, 3.63) is 29.3 Å². The number of hydrogen-bond acceptors (Lipinski definition) is 6. The van der Waals surface area contributed by atoms with E-state index in [1.165, 1.54) is 0 Å². The molecular weight excluding hydrogens is 374 g/mol. The highest BCUT2D eigenvalue weighted by Gasteiger charge is 2.35. The van der Waals surface area contributed by atoms with E-state index in [0.717, 1.165) is 50.0 Å². The molecule has 0 radical (unpaired) electrons. The molecule has 1 saturated carbocycles. The molecule has 2 aliphatic rings.